The van der Waals surface area contributed by atoms with E-state index in [-0.39, 0.29) is 5.97 Å². The van der Waals surface area contributed by atoms with Gasteiger partial charge in [0.1, 0.15) is 5.69 Å². The van der Waals surface area contributed by atoms with Gasteiger partial charge in [0, 0.05) is 12.4 Å². The minimum Gasteiger partial charge on any atom is -0.464 e. The van der Waals surface area contributed by atoms with E-state index >= 15 is 0 Å². The van der Waals surface area contributed by atoms with Crippen LogP contribution in [0.4, 0.5) is 0 Å². The average molecular weight is 255 g/mol. The second kappa shape index (κ2) is 3.42. The molecule has 0 aliphatic carbocycles. The van der Waals surface area contributed by atoms with Crippen molar-refractivity contribution < 1.29 is 9.53 Å². The number of halogens is 1. The molecule has 0 aliphatic rings. The van der Waals surface area contributed by atoms with Crippen molar-refractivity contribution in [1.82, 2.24) is 9.38 Å². The smallest absolute Gasteiger partial charge is 0.355 e. The fourth-order valence-electron chi connectivity index (χ4n) is 1.25. The van der Waals surface area contributed by atoms with Crippen LogP contribution in [0.1, 0.15) is 10.5 Å². The zero-order chi connectivity index (χ0) is 10.1. The lowest BCUT2D eigenvalue weighted by Gasteiger charge is -2.03. The Morgan fingerprint density at radius 1 is 1.57 bits per heavy atom. The second-order valence-electron chi connectivity index (χ2n) is 2.68. The molecule has 72 valence electrons. The van der Waals surface area contributed by atoms with Crippen LogP contribution in [0.25, 0.3) is 5.65 Å². The summed E-state index contributed by atoms with van der Waals surface area (Å²) in [5.74, 6) is -0.375. The summed E-state index contributed by atoms with van der Waals surface area (Å²) in [6.07, 6.45) is 3.35. The van der Waals surface area contributed by atoms with Gasteiger partial charge in [0.15, 0.2) is 5.65 Å². The van der Waals surface area contributed by atoms with Gasteiger partial charge in [-0.2, -0.15) is 0 Å². The Kier molecular flexibility index (Phi) is 2.25. The minimum atomic E-state index is -0.375. The number of methoxy groups -OCH3 is 1. The lowest BCUT2D eigenvalue weighted by molar-refractivity contribution is 0.0592. The molecule has 2 heterocycles. The minimum absolute atomic E-state index is 0.375. The zero-order valence-corrected chi connectivity index (χ0v) is 8.98. The molecule has 0 bridgehead atoms. The van der Waals surface area contributed by atoms with Gasteiger partial charge in [-0.05, 0) is 28.1 Å². The van der Waals surface area contributed by atoms with Gasteiger partial charge in [0.25, 0.3) is 0 Å². The molecule has 2 aromatic heterocycles. The molecule has 0 N–H and O–H groups in total. The Labute approximate surface area is 88.6 Å². The van der Waals surface area contributed by atoms with Crippen molar-refractivity contribution in [2.75, 3.05) is 7.11 Å². The molecule has 0 radical (unpaired) electrons. The number of fused-ring (bicyclic) bond motifs is 1. The van der Waals surface area contributed by atoms with E-state index in [1.54, 1.807) is 28.9 Å². The second-order valence-corrected chi connectivity index (χ2v) is 3.53. The van der Waals surface area contributed by atoms with E-state index in [9.17, 15) is 4.79 Å². The van der Waals surface area contributed by atoms with Gasteiger partial charge in [-0.25, -0.2) is 9.78 Å². The van der Waals surface area contributed by atoms with Crippen LogP contribution < -0.4 is 0 Å². The summed E-state index contributed by atoms with van der Waals surface area (Å²) in [7, 11) is 1.35. The highest BCUT2D eigenvalue weighted by Crippen LogP contribution is 2.18. The summed E-state index contributed by atoms with van der Waals surface area (Å²) < 4.78 is 7.17. The van der Waals surface area contributed by atoms with Crippen molar-refractivity contribution >= 4 is 27.5 Å². The van der Waals surface area contributed by atoms with Crippen molar-refractivity contribution in [1.29, 1.82) is 0 Å². The molecule has 2 aromatic rings. The number of rotatable bonds is 1. The summed E-state index contributed by atoms with van der Waals surface area (Å²) in [4.78, 5) is 15.5. The number of pyridine rings is 1. The number of imidazole rings is 1. The lowest BCUT2D eigenvalue weighted by atomic mass is 10.3. The number of nitrogens with zero attached hydrogens (tertiary/aromatic N) is 2. The number of carbonyl (C=O) groups excluding carboxylic acids is 1. The van der Waals surface area contributed by atoms with Crippen LogP contribution >= 0.6 is 15.9 Å². The van der Waals surface area contributed by atoms with Gasteiger partial charge in [-0.1, -0.05) is 0 Å². The van der Waals surface area contributed by atoms with Gasteiger partial charge >= 0.3 is 5.97 Å². The predicted molar refractivity (Wildman–Crippen MR) is 54.2 cm³/mol. The first kappa shape index (κ1) is 9.21. The number of ether oxygens (including phenoxy) is 1. The first-order valence-corrected chi connectivity index (χ1v) is 4.73. The van der Waals surface area contributed by atoms with E-state index in [1.807, 2.05) is 0 Å². The van der Waals surface area contributed by atoms with Gasteiger partial charge in [-0.15, -0.1) is 0 Å². The van der Waals surface area contributed by atoms with E-state index in [2.05, 4.69) is 25.7 Å². The van der Waals surface area contributed by atoms with Crippen LogP contribution in [0.15, 0.2) is 29.0 Å². The van der Waals surface area contributed by atoms with Crippen molar-refractivity contribution in [2.45, 2.75) is 0 Å². The summed E-state index contributed by atoms with van der Waals surface area (Å²) >= 11 is 3.35. The monoisotopic (exact) mass is 254 g/mol. The lowest BCUT2D eigenvalue weighted by Crippen LogP contribution is -2.07. The molecule has 0 saturated carbocycles. The van der Waals surface area contributed by atoms with Crippen molar-refractivity contribution in [2.24, 2.45) is 0 Å². The molecule has 2 rings (SSSR count). The fourth-order valence-corrected chi connectivity index (χ4v) is 1.68. The molecule has 0 fully saturated rings. The van der Waals surface area contributed by atoms with Crippen LogP contribution in [0.3, 0.4) is 0 Å². The molecule has 14 heavy (non-hydrogen) atoms. The third-order valence-electron chi connectivity index (χ3n) is 1.90. The molecular formula is C9H7BrN2O2. The number of hydrogen-bond acceptors (Lipinski definition) is 3. The highest BCUT2D eigenvalue weighted by atomic mass is 79.9. The number of aromatic nitrogens is 2. The van der Waals surface area contributed by atoms with Gasteiger partial charge < -0.3 is 4.74 Å². The topological polar surface area (TPSA) is 43.6 Å². The Morgan fingerprint density at radius 2 is 2.36 bits per heavy atom. The van der Waals surface area contributed by atoms with Crippen LogP contribution in [0.5, 0.6) is 0 Å². The largest absolute Gasteiger partial charge is 0.464 e. The van der Waals surface area contributed by atoms with Crippen LogP contribution in [-0.4, -0.2) is 22.5 Å². The molecular weight excluding hydrogens is 248 g/mol. The number of carbonyl (C=O) groups is 1. The SMILES string of the molecule is COC(=O)c1ccc(Br)c2nccn12. The quantitative estimate of drug-likeness (QED) is 0.731. The summed E-state index contributed by atoms with van der Waals surface area (Å²) in [6.45, 7) is 0. The molecule has 4 nitrogen and oxygen atoms in total. The van der Waals surface area contributed by atoms with Crippen LogP contribution in [0, 0.1) is 0 Å². The highest BCUT2D eigenvalue weighted by Gasteiger charge is 2.11. The maximum Gasteiger partial charge on any atom is 0.355 e. The van der Waals surface area contributed by atoms with E-state index in [4.69, 9.17) is 0 Å². The third-order valence-corrected chi connectivity index (χ3v) is 2.51. The molecule has 0 aromatic carbocycles. The normalized spacial score (nSPS) is 10.4. The van der Waals surface area contributed by atoms with Gasteiger partial charge in [0.05, 0.1) is 11.6 Å². The maximum atomic E-state index is 11.4. The van der Waals surface area contributed by atoms with E-state index < -0.39 is 0 Å². The average Bonchev–Trinajstić information content (AvgIpc) is 2.67. The molecule has 5 heteroatoms. The van der Waals surface area contributed by atoms with E-state index in [1.165, 1.54) is 7.11 Å². The van der Waals surface area contributed by atoms with Gasteiger partial charge in [0.2, 0.25) is 0 Å². The van der Waals surface area contributed by atoms with Crippen LogP contribution in [-0.2, 0) is 4.74 Å². The van der Waals surface area contributed by atoms with E-state index in [0.717, 1.165) is 4.47 Å². The first-order valence-electron chi connectivity index (χ1n) is 3.94. The van der Waals surface area contributed by atoms with Crippen molar-refractivity contribution in [3.05, 3.63) is 34.7 Å². The molecule has 0 atom stereocenters. The fraction of sp³-hybridized carbons (Fsp3) is 0.111. The highest BCUT2D eigenvalue weighted by molar-refractivity contribution is 9.10. The maximum absolute atomic E-state index is 11.4. The number of esters is 1. The Morgan fingerprint density at radius 3 is 3.07 bits per heavy atom. The Bertz CT molecular complexity index is 493. The zero-order valence-electron chi connectivity index (χ0n) is 7.40. The predicted octanol–water partition coefficient (Wildman–Crippen LogP) is 1.88. The third kappa shape index (κ3) is 1.29. The molecule has 0 spiro atoms. The molecule has 0 aliphatic heterocycles. The standard InChI is InChI=1S/C9H7BrN2O2/c1-14-9(13)7-3-2-6(10)8-11-4-5-12(7)8/h2-5H,1H3. The Hall–Kier alpha value is -1.36. The molecule has 0 saturated heterocycles. The van der Waals surface area contributed by atoms with E-state index in [0.29, 0.717) is 11.3 Å². The Balaban J connectivity index is 2.72. The molecule has 0 amide bonds. The summed E-state index contributed by atoms with van der Waals surface area (Å²) in [5.41, 5.74) is 1.16. The number of hydrogen-bond donors (Lipinski definition) is 0. The van der Waals surface area contributed by atoms with Crippen molar-refractivity contribution in [3.8, 4) is 0 Å². The van der Waals surface area contributed by atoms with Gasteiger partial charge in [-0.3, -0.25) is 4.40 Å². The van der Waals surface area contributed by atoms with Crippen LogP contribution in [0.2, 0.25) is 0 Å². The van der Waals surface area contributed by atoms with Crippen molar-refractivity contribution in [3.63, 3.8) is 0 Å². The summed E-state index contributed by atoms with van der Waals surface area (Å²) in [5, 5.41) is 0. The molecule has 0 unspecified atom stereocenters. The summed E-state index contributed by atoms with van der Waals surface area (Å²) in [6, 6.07) is 3.46. The first-order chi connectivity index (χ1) is 6.74.